The summed E-state index contributed by atoms with van der Waals surface area (Å²) in [5.41, 5.74) is 0. The molecule has 4 atom stereocenters. The number of hydrogen-bond acceptors (Lipinski definition) is 1. The summed E-state index contributed by atoms with van der Waals surface area (Å²) in [6, 6.07) is 0. The normalized spacial score (nSPS) is 35.1. The van der Waals surface area contributed by atoms with E-state index < -0.39 is 12.1 Å². The van der Waals surface area contributed by atoms with E-state index in [9.17, 15) is 13.2 Å². The Bertz CT molecular complexity index is 411. The fraction of sp³-hybridized carbons (Fsp3) is 0.571. The van der Waals surface area contributed by atoms with E-state index in [0.29, 0.717) is 6.42 Å². The van der Waals surface area contributed by atoms with Gasteiger partial charge in [-0.15, -0.1) is 11.6 Å². The van der Waals surface area contributed by atoms with Crippen LogP contribution in [0.15, 0.2) is 36.1 Å². The minimum Gasteiger partial charge on any atom is -0.487 e. The second-order valence-electron chi connectivity index (χ2n) is 5.01. The monoisotopic (exact) mass is 292 g/mol. The van der Waals surface area contributed by atoms with Crippen molar-refractivity contribution in [3.8, 4) is 0 Å². The van der Waals surface area contributed by atoms with Gasteiger partial charge >= 0.3 is 6.18 Å². The number of rotatable bonds is 2. The summed E-state index contributed by atoms with van der Waals surface area (Å²) >= 11 is 6.13. The summed E-state index contributed by atoms with van der Waals surface area (Å²) in [5.74, 6) is -0.909. The molecule has 2 aliphatic rings. The van der Waals surface area contributed by atoms with Crippen LogP contribution >= 0.6 is 11.6 Å². The van der Waals surface area contributed by atoms with Gasteiger partial charge in [-0.3, -0.25) is 0 Å². The molecule has 1 nitrogen and oxygen atoms in total. The third kappa shape index (κ3) is 3.78. The Kier molecular flexibility index (Phi) is 4.29. The SMILES string of the molecule is CC1C=CC(OC2=CC(C(F)(F)F)CC=C2)CC1Cl. The van der Waals surface area contributed by atoms with Gasteiger partial charge in [0.25, 0.3) is 0 Å². The quantitative estimate of drug-likeness (QED) is 0.534. The van der Waals surface area contributed by atoms with E-state index in [0.717, 1.165) is 6.08 Å². The maximum absolute atomic E-state index is 12.6. The number of halogens is 4. The molecule has 0 bridgehead atoms. The van der Waals surface area contributed by atoms with Crippen LogP contribution in [-0.2, 0) is 4.74 Å². The van der Waals surface area contributed by atoms with Crippen molar-refractivity contribution < 1.29 is 17.9 Å². The highest BCUT2D eigenvalue weighted by atomic mass is 35.5. The van der Waals surface area contributed by atoms with Gasteiger partial charge in [0.2, 0.25) is 0 Å². The first-order chi connectivity index (χ1) is 8.86. The zero-order chi connectivity index (χ0) is 14.0. The lowest BCUT2D eigenvalue weighted by Crippen LogP contribution is -2.26. The van der Waals surface area contributed by atoms with E-state index in [1.807, 2.05) is 19.1 Å². The number of alkyl halides is 4. The molecule has 0 aromatic rings. The highest BCUT2D eigenvalue weighted by Crippen LogP contribution is 2.34. The van der Waals surface area contributed by atoms with Crippen molar-refractivity contribution in [1.29, 1.82) is 0 Å². The molecule has 106 valence electrons. The zero-order valence-corrected chi connectivity index (χ0v) is 11.3. The molecule has 0 heterocycles. The lowest BCUT2D eigenvalue weighted by molar-refractivity contribution is -0.161. The summed E-state index contributed by atoms with van der Waals surface area (Å²) in [5, 5.41) is -0.0402. The molecule has 0 aromatic carbocycles. The Morgan fingerprint density at radius 2 is 2.05 bits per heavy atom. The molecule has 2 rings (SSSR count). The first-order valence-electron chi connectivity index (χ1n) is 6.30. The fourth-order valence-electron chi connectivity index (χ4n) is 2.16. The second kappa shape index (κ2) is 5.61. The summed E-state index contributed by atoms with van der Waals surface area (Å²) in [7, 11) is 0. The van der Waals surface area contributed by atoms with Crippen LogP contribution in [0.3, 0.4) is 0 Å². The molecule has 0 saturated heterocycles. The molecule has 0 aromatic heterocycles. The third-order valence-electron chi connectivity index (χ3n) is 3.40. The molecule has 4 unspecified atom stereocenters. The van der Waals surface area contributed by atoms with Crippen molar-refractivity contribution in [3.05, 3.63) is 36.1 Å². The Labute approximate surface area is 115 Å². The van der Waals surface area contributed by atoms with E-state index in [1.165, 1.54) is 6.08 Å². The van der Waals surface area contributed by atoms with E-state index in [4.69, 9.17) is 16.3 Å². The van der Waals surface area contributed by atoms with Crippen LogP contribution in [0, 0.1) is 11.8 Å². The molecule has 0 amide bonds. The van der Waals surface area contributed by atoms with Gasteiger partial charge in [-0.25, -0.2) is 0 Å². The Hall–Kier alpha value is -0.900. The van der Waals surface area contributed by atoms with Gasteiger partial charge in [-0.1, -0.05) is 19.1 Å². The van der Waals surface area contributed by atoms with Gasteiger partial charge in [-0.2, -0.15) is 13.2 Å². The molecule has 19 heavy (non-hydrogen) atoms. The van der Waals surface area contributed by atoms with Gasteiger partial charge < -0.3 is 4.74 Å². The van der Waals surface area contributed by atoms with Gasteiger partial charge in [0.1, 0.15) is 11.9 Å². The maximum Gasteiger partial charge on any atom is 0.395 e. The van der Waals surface area contributed by atoms with Crippen LogP contribution in [0.4, 0.5) is 13.2 Å². The third-order valence-corrected chi connectivity index (χ3v) is 3.98. The van der Waals surface area contributed by atoms with Crippen LogP contribution in [0.1, 0.15) is 19.8 Å². The van der Waals surface area contributed by atoms with Gasteiger partial charge in [0.05, 0.1) is 5.92 Å². The standard InChI is InChI=1S/C14H16ClF3O/c1-9-5-6-12(8-13(9)15)19-11-4-2-3-10(7-11)14(16,17)18/h2,4-7,9-10,12-13H,3,8H2,1H3. The predicted octanol–water partition coefficient (Wildman–Crippen LogP) is 4.60. The second-order valence-corrected chi connectivity index (χ2v) is 5.57. The maximum atomic E-state index is 12.6. The molecule has 0 fully saturated rings. The number of allylic oxidation sites excluding steroid dienone is 4. The Morgan fingerprint density at radius 3 is 2.68 bits per heavy atom. The van der Waals surface area contributed by atoms with Crippen molar-refractivity contribution in [2.24, 2.45) is 11.8 Å². The molecular weight excluding hydrogens is 277 g/mol. The summed E-state index contributed by atoms with van der Waals surface area (Å²) in [4.78, 5) is 0. The zero-order valence-electron chi connectivity index (χ0n) is 10.5. The predicted molar refractivity (Wildman–Crippen MR) is 68.8 cm³/mol. The van der Waals surface area contributed by atoms with E-state index in [2.05, 4.69) is 0 Å². The van der Waals surface area contributed by atoms with Gasteiger partial charge in [-0.05, 0) is 30.6 Å². The first kappa shape index (κ1) is 14.5. The van der Waals surface area contributed by atoms with E-state index >= 15 is 0 Å². The average Bonchev–Trinajstić information content (AvgIpc) is 2.33. The largest absolute Gasteiger partial charge is 0.487 e. The Morgan fingerprint density at radius 1 is 1.32 bits per heavy atom. The van der Waals surface area contributed by atoms with Gasteiger partial charge in [0.15, 0.2) is 0 Å². The van der Waals surface area contributed by atoms with Crippen LogP contribution < -0.4 is 0 Å². The average molecular weight is 293 g/mol. The van der Waals surface area contributed by atoms with Crippen LogP contribution in [-0.4, -0.2) is 17.7 Å². The highest BCUT2D eigenvalue weighted by Gasteiger charge is 2.38. The van der Waals surface area contributed by atoms with Crippen LogP contribution in [0.5, 0.6) is 0 Å². The lowest BCUT2D eigenvalue weighted by Gasteiger charge is -2.27. The number of hydrogen-bond donors (Lipinski definition) is 0. The molecule has 0 saturated carbocycles. The van der Waals surface area contributed by atoms with Crippen LogP contribution in [0.25, 0.3) is 0 Å². The highest BCUT2D eigenvalue weighted by molar-refractivity contribution is 6.21. The topological polar surface area (TPSA) is 9.23 Å². The van der Waals surface area contributed by atoms with E-state index in [-0.39, 0.29) is 29.6 Å². The first-order valence-corrected chi connectivity index (χ1v) is 6.74. The molecule has 2 aliphatic carbocycles. The van der Waals surface area contributed by atoms with Crippen molar-refractivity contribution in [3.63, 3.8) is 0 Å². The molecular formula is C14H16ClF3O. The van der Waals surface area contributed by atoms with Crippen molar-refractivity contribution in [1.82, 2.24) is 0 Å². The molecule has 5 heteroatoms. The van der Waals surface area contributed by atoms with E-state index in [1.54, 1.807) is 6.08 Å². The smallest absolute Gasteiger partial charge is 0.395 e. The fourth-order valence-corrected chi connectivity index (χ4v) is 2.42. The van der Waals surface area contributed by atoms with Gasteiger partial charge in [0, 0.05) is 11.8 Å². The van der Waals surface area contributed by atoms with Crippen molar-refractivity contribution >= 4 is 11.6 Å². The molecule has 0 N–H and O–H groups in total. The van der Waals surface area contributed by atoms with Crippen molar-refractivity contribution in [2.45, 2.75) is 37.4 Å². The summed E-state index contributed by atoms with van der Waals surface area (Å²) in [6.07, 6.45) is 4.18. The molecule has 0 aliphatic heterocycles. The van der Waals surface area contributed by atoms with Crippen molar-refractivity contribution in [2.75, 3.05) is 0 Å². The molecule has 0 spiro atoms. The summed E-state index contributed by atoms with van der Waals surface area (Å²) < 4.78 is 43.5. The number of ether oxygens (including phenoxy) is 1. The minimum atomic E-state index is -4.22. The Balaban J connectivity index is 2.01. The minimum absolute atomic E-state index is 0.0218. The van der Waals surface area contributed by atoms with Crippen LogP contribution in [0.2, 0.25) is 0 Å². The lowest BCUT2D eigenvalue weighted by atomic mass is 9.95. The summed E-state index contributed by atoms with van der Waals surface area (Å²) in [6.45, 7) is 2.00. The molecule has 0 radical (unpaired) electrons.